The molecule has 18 heavy (non-hydrogen) atoms. The lowest BCUT2D eigenvalue weighted by molar-refractivity contribution is 0.163. The number of benzene rings is 1. The number of hydrogen-bond donors (Lipinski definition) is 1. The molecule has 2 atom stereocenters. The summed E-state index contributed by atoms with van der Waals surface area (Å²) in [4.78, 5) is 1.22. The lowest BCUT2D eigenvalue weighted by Gasteiger charge is -2.11. The van der Waals surface area contributed by atoms with Crippen LogP contribution in [-0.4, -0.2) is 19.8 Å². The maximum Gasteiger partial charge on any atom is 0.124 e. The molecule has 1 aliphatic rings. The van der Waals surface area contributed by atoms with E-state index in [-0.39, 0.29) is 29.7 Å². The van der Waals surface area contributed by atoms with E-state index in [0.717, 1.165) is 16.5 Å². The van der Waals surface area contributed by atoms with Gasteiger partial charge in [0, 0.05) is 28.6 Å². The number of hydrogen-bond acceptors (Lipinski definition) is 3. The van der Waals surface area contributed by atoms with E-state index in [4.69, 9.17) is 10.5 Å². The van der Waals surface area contributed by atoms with Crippen molar-refractivity contribution >= 4 is 33.8 Å². The highest BCUT2D eigenvalue weighted by Gasteiger charge is 2.56. The Morgan fingerprint density at radius 3 is 2.89 bits per heavy atom. The van der Waals surface area contributed by atoms with E-state index >= 15 is 0 Å². The lowest BCUT2D eigenvalue weighted by Crippen LogP contribution is -2.23. The molecule has 1 heterocycles. The number of halogens is 2. The number of methoxy groups -OCH3 is 1. The Morgan fingerprint density at radius 2 is 2.28 bits per heavy atom. The Labute approximate surface area is 115 Å². The van der Waals surface area contributed by atoms with Crippen molar-refractivity contribution in [3.05, 3.63) is 35.0 Å². The molecular formula is C13H15ClFNOS. The van der Waals surface area contributed by atoms with Crippen molar-refractivity contribution in [3.8, 4) is 0 Å². The summed E-state index contributed by atoms with van der Waals surface area (Å²) in [6.07, 6.45) is 1.18. The number of nitrogens with two attached hydrogens (primary N) is 1. The van der Waals surface area contributed by atoms with Crippen molar-refractivity contribution < 1.29 is 9.13 Å². The van der Waals surface area contributed by atoms with Crippen LogP contribution in [0.1, 0.15) is 11.3 Å². The molecule has 0 spiro atoms. The summed E-state index contributed by atoms with van der Waals surface area (Å²) < 4.78 is 19.5. The Hall–Kier alpha value is -0.680. The van der Waals surface area contributed by atoms with E-state index in [9.17, 15) is 4.39 Å². The minimum absolute atomic E-state index is 0. The Balaban J connectivity index is 0.00000120. The van der Waals surface area contributed by atoms with Gasteiger partial charge in [0.15, 0.2) is 0 Å². The molecule has 2 N–H and O–H groups in total. The van der Waals surface area contributed by atoms with Crippen LogP contribution >= 0.6 is 23.7 Å². The molecule has 2 nitrogen and oxygen atoms in total. The van der Waals surface area contributed by atoms with Crippen LogP contribution in [0.25, 0.3) is 10.1 Å². The van der Waals surface area contributed by atoms with Gasteiger partial charge in [0.2, 0.25) is 0 Å². The summed E-state index contributed by atoms with van der Waals surface area (Å²) >= 11 is 1.62. The molecule has 0 aliphatic heterocycles. The smallest absolute Gasteiger partial charge is 0.124 e. The van der Waals surface area contributed by atoms with E-state index < -0.39 is 0 Å². The van der Waals surface area contributed by atoms with Crippen LogP contribution in [0.4, 0.5) is 4.39 Å². The van der Waals surface area contributed by atoms with Crippen molar-refractivity contribution in [1.82, 2.24) is 0 Å². The van der Waals surface area contributed by atoms with Gasteiger partial charge in [-0.3, -0.25) is 0 Å². The van der Waals surface area contributed by atoms with Crippen LogP contribution in [-0.2, 0) is 10.2 Å². The van der Waals surface area contributed by atoms with E-state index in [2.05, 4.69) is 6.07 Å². The second-order valence-electron chi connectivity index (χ2n) is 4.58. The number of fused-ring (bicyclic) bond motifs is 1. The molecular weight excluding hydrogens is 273 g/mol. The molecule has 0 bridgehead atoms. The molecule has 1 fully saturated rings. The van der Waals surface area contributed by atoms with Gasteiger partial charge in [0.05, 0.1) is 6.10 Å². The van der Waals surface area contributed by atoms with Gasteiger partial charge < -0.3 is 10.5 Å². The largest absolute Gasteiger partial charge is 0.380 e. The maximum absolute atomic E-state index is 13.1. The average molecular weight is 288 g/mol. The molecule has 2 aromatic rings. The summed E-state index contributed by atoms with van der Waals surface area (Å²) in [5, 5.41) is 1.08. The molecule has 1 aliphatic carbocycles. The number of rotatable bonds is 3. The van der Waals surface area contributed by atoms with Crippen LogP contribution in [0.2, 0.25) is 0 Å². The highest BCUT2D eigenvalue weighted by atomic mass is 35.5. The fourth-order valence-electron chi connectivity index (χ4n) is 2.41. The normalized spacial score (nSPS) is 26.1. The fraction of sp³-hybridized carbons (Fsp3) is 0.385. The topological polar surface area (TPSA) is 35.2 Å². The molecule has 1 aromatic carbocycles. The average Bonchev–Trinajstić information content (AvgIpc) is 2.93. The quantitative estimate of drug-likeness (QED) is 0.941. The van der Waals surface area contributed by atoms with Gasteiger partial charge >= 0.3 is 0 Å². The summed E-state index contributed by atoms with van der Waals surface area (Å²) in [5.41, 5.74) is 5.84. The summed E-state index contributed by atoms with van der Waals surface area (Å²) in [6, 6.07) is 7.01. The van der Waals surface area contributed by atoms with Crippen LogP contribution in [0.15, 0.2) is 24.3 Å². The Morgan fingerprint density at radius 1 is 1.50 bits per heavy atom. The van der Waals surface area contributed by atoms with Gasteiger partial charge in [0.25, 0.3) is 0 Å². The van der Waals surface area contributed by atoms with Gasteiger partial charge in [0.1, 0.15) is 5.82 Å². The summed E-state index contributed by atoms with van der Waals surface area (Å²) in [6.45, 7) is 0.584. The van der Waals surface area contributed by atoms with Crippen LogP contribution in [0.3, 0.4) is 0 Å². The minimum atomic E-state index is -0.188. The Kier molecular flexibility index (Phi) is 3.65. The predicted octanol–water partition coefficient (Wildman–Crippen LogP) is 3.08. The number of thiophene rings is 1. The van der Waals surface area contributed by atoms with Gasteiger partial charge in [-0.15, -0.1) is 23.7 Å². The first-order valence-corrected chi connectivity index (χ1v) is 6.44. The third-order valence-electron chi connectivity index (χ3n) is 3.63. The second kappa shape index (κ2) is 4.78. The van der Waals surface area contributed by atoms with Crippen LogP contribution in [0.5, 0.6) is 0 Å². The fourth-order valence-corrected chi connectivity index (χ4v) is 3.75. The molecule has 1 saturated carbocycles. The SMILES string of the molecule is CO[C@@H]1C[C@]1(CN)c1cc2ccc(F)cc2s1.Cl. The molecule has 0 radical (unpaired) electrons. The van der Waals surface area contributed by atoms with Crippen molar-refractivity contribution in [3.63, 3.8) is 0 Å². The molecule has 0 saturated heterocycles. The van der Waals surface area contributed by atoms with Gasteiger partial charge in [-0.1, -0.05) is 6.07 Å². The molecule has 0 amide bonds. The predicted molar refractivity (Wildman–Crippen MR) is 75.2 cm³/mol. The first-order chi connectivity index (χ1) is 8.19. The number of ether oxygens (including phenoxy) is 1. The maximum atomic E-state index is 13.1. The summed E-state index contributed by atoms with van der Waals surface area (Å²) in [5.74, 6) is -0.188. The standard InChI is InChI=1S/C13H14FNOS.ClH/c1-16-11-6-13(11,7-15)12-4-8-2-3-9(14)5-10(8)17-12;/h2-5,11H,6-7,15H2,1H3;1H/t11-,13-;/m1./s1. The zero-order valence-corrected chi connectivity index (χ0v) is 11.6. The molecule has 1 aromatic heterocycles. The van der Waals surface area contributed by atoms with Gasteiger partial charge in [-0.2, -0.15) is 0 Å². The molecule has 3 rings (SSSR count). The third-order valence-corrected chi connectivity index (χ3v) is 4.95. The monoisotopic (exact) mass is 287 g/mol. The minimum Gasteiger partial charge on any atom is -0.380 e. The highest BCUT2D eigenvalue weighted by Crippen LogP contribution is 2.52. The van der Waals surface area contributed by atoms with Crippen molar-refractivity contribution in [2.75, 3.05) is 13.7 Å². The first kappa shape index (κ1) is 13.7. The zero-order valence-electron chi connectivity index (χ0n) is 9.98. The van der Waals surface area contributed by atoms with E-state index in [0.29, 0.717) is 6.54 Å². The van der Waals surface area contributed by atoms with E-state index in [1.165, 1.54) is 10.9 Å². The van der Waals surface area contributed by atoms with Crippen LogP contribution in [0, 0.1) is 5.82 Å². The zero-order chi connectivity index (χ0) is 12.0. The molecule has 5 heteroatoms. The lowest BCUT2D eigenvalue weighted by atomic mass is 10.0. The first-order valence-electron chi connectivity index (χ1n) is 5.62. The summed E-state index contributed by atoms with van der Waals surface area (Å²) in [7, 11) is 1.72. The van der Waals surface area contributed by atoms with Crippen molar-refractivity contribution in [2.45, 2.75) is 17.9 Å². The van der Waals surface area contributed by atoms with Gasteiger partial charge in [-0.25, -0.2) is 4.39 Å². The molecule has 98 valence electrons. The van der Waals surface area contributed by atoms with E-state index in [1.54, 1.807) is 24.5 Å². The third kappa shape index (κ3) is 1.93. The van der Waals surface area contributed by atoms with Crippen LogP contribution < -0.4 is 5.73 Å². The van der Waals surface area contributed by atoms with Crippen molar-refractivity contribution in [2.24, 2.45) is 5.73 Å². The molecule has 0 unspecified atom stereocenters. The Bertz CT molecular complexity index is 573. The van der Waals surface area contributed by atoms with E-state index in [1.807, 2.05) is 6.07 Å². The van der Waals surface area contributed by atoms with Crippen molar-refractivity contribution in [1.29, 1.82) is 0 Å². The van der Waals surface area contributed by atoms with Gasteiger partial charge in [-0.05, 0) is 30.0 Å². The second-order valence-corrected chi connectivity index (χ2v) is 5.67. The highest BCUT2D eigenvalue weighted by molar-refractivity contribution is 7.19.